The van der Waals surface area contributed by atoms with Gasteiger partial charge in [0.25, 0.3) is 0 Å². The van der Waals surface area contributed by atoms with Gasteiger partial charge in [0.05, 0.1) is 13.2 Å². The van der Waals surface area contributed by atoms with Crippen molar-refractivity contribution in [2.45, 2.75) is 322 Å². The van der Waals surface area contributed by atoms with Crippen LogP contribution >= 0.6 is 0 Å². The standard InChI is InChI=1S/C56H106O8/c1-5-9-13-15-17-24-34-42-52(64-56(60)48-32-12-8-4)44-36-26-22-28-38-46-54(58)62-50-40-30-21-20-29-39-49-61-53(57)45-37-27-19-18-25-35-43-51(41-33-23-16-14-10-6-2)63-55(59)47-31-11-7-3/h51-52H,5-50H2,1-4H3. The van der Waals surface area contributed by atoms with E-state index in [1.807, 2.05) is 0 Å². The Bertz CT molecular complexity index is 1030. The van der Waals surface area contributed by atoms with Crippen molar-refractivity contribution in [3.8, 4) is 0 Å². The summed E-state index contributed by atoms with van der Waals surface area (Å²) in [7, 11) is 0. The van der Waals surface area contributed by atoms with E-state index in [4.69, 9.17) is 18.9 Å². The Morgan fingerprint density at radius 3 is 0.797 bits per heavy atom. The fourth-order valence-electron chi connectivity index (χ4n) is 8.48. The summed E-state index contributed by atoms with van der Waals surface area (Å²) in [5, 5.41) is 0. The second kappa shape index (κ2) is 50.3. The van der Waals surface area contributed by atoms with Gasteiger partial charge in [-0.1, -0.05) is 195 Å². The van der Waals surface area contributed by atoms with Gasteiger partial charge in [-0.3, -0.25) is 19.2 Å². The van der Waals surface area contributed by atoms with Crippen molar-refractivity contribution in [3.05, 3.63) is 0 Å². The first kappa shape index (κ1) is 61.9. The lowest BCUT2D eigenvalue weighted by Gasteiger charge is -2.18. The van der Waals surface area contributed by atoms with Crippen LogP contribution in [0.5, 0.6) is 0 Å². The van der Waals surface area contributed by atoms with Gasteiger partial charge in [0.15, 0.2) is 0 Å². The second-order valence-electron chi connectivity index (χ2n) is 19.1. The number of unbranched alkanes of at least 4 members (excludes halogenated alkanes) is 29. The Hall–Kier alpha value is -2.12. The molecule has 0 spiro atoms. The Morgan fingerprint density at radius 2 is 0.484 bits per heavy atom. The number of esters is 4. The lowest BCUT2D eigenvalue weighted by atomic mass is 10.0. The summed E-state index contributed by atoms with van der Waals surface area (Å²) in [6.07, 6.45) is 46.7. The number of rotatable bonds is 51. The average molecular weight is 907 g/mol. The van der Waals surface area contributed by atoms with Gasteiger partial charge in [-0.2, -0.15) is 0 Å². The van der Waals surface area contributed by atoms with Gasteiger partial charge in [-0.15, -0.1) is 0 Å². The van der Waals surface area contributed by atoms with E-state index in [0.29, 0.717) is 38.9 Å². The minimum Gasteiger partial charge on any atom is -0.466 e. The summed E-state index contributed by atoms with van der Waals surface area (Å²) in [6.45, 7) is 9.83. The number of ether oxygens (including phenoxy) is 4. The van der Waals surface area contributed by atoms with Gasteiger partial charge in [0.1, 0.15) is 12.2 Å². The molecule has 0 aliphatic carbocycles. The van der Waals surface area contributed by atoms with E-state index in [0.717, 1.165) is 186 Å². The van der Waals surface area contributed by atoms with Gasteiger partial charge < -0.3 is 18.9 Å². The molecule has 0 heterocycles. The maximum atomic E-state index is 12.4. The first-order chi connectivity index (χ1) is 31.4. The zero-order chi connectivity index (χ0) is 46.8. The Morgan fingerprint density at radius 1 is 0.266 bits per heavy atom. The highest BCUT2D eigenvalue weighted by Crippen LogP contribution is 2.20. The van der Waals surface area contributed by atoms with Crippen LogP contribution in [0.25, 0.3) is 0 Å². The highest BCUT2D eigenvalue weighted by Gasteiger charge is 2.16. The SMILES string of the molecule is CCCCCCCCCC(CCCCCCCC(=O)OCCCCCCCCOC(=O)CCCCCCCCC(CCCCCCCC)OC(=O)CCCCC)OC(=O)CCCCC. The Labute approximate surface area is 396 Å². The maximum Gasteiger partial charge on any atom is 0.306 e. The molecule has 0 aliphatic heterocycles. The molecule has 0 aromatic carbocycles. The van der Waals surface area contributed by atoms with E-state index in [9.17, 15) is 19.2 Å². The average Bonchev–Trinajstić information content (AvgIpc) is 3.28. The number of hydrogen-bond acceptors (Lipinski definition) is 8. The van der Waals surface area contributed by atoms with Crippen molar-refractivity contribution >= 4 is 23.9 Å². The number of carbonyl (C=O) groups excluding carboxylic acids is 4. The topological polar surface area (TPSA) is 105 Å². The van der Waals surface area contributed by atoms with Gasteiger partial charge in [-0.25, -0.2) is 0 Å². The van der Waals surface area contributed by atoms with Crippen LogP contribution in [0.4, 0.5) is 0 Å². The predicted octanol–water partition coefficient (Wildman–Crippen LogP) is 17.1. The van der Waals surface area contributed by atoms with Crippen LogP contribution < -0.4 is 0 Å². The molecule has 0 aliphatic rings. The Balaban J connectivity index is 3.82. The highest BCUT2D eigenvalue weighted by molar-refractivity contribution is 5.70. The van der Waals surface area contributed by atoms with Crippen LogP contribution in [0.1, 0.15) is 310 Å². The van der Waals surface area contributed by atoms with Crippen LogP contribution in [0.3, 0.4) is 0 Å². The summed E-state index contributed by atoms with van der Waals surface area (Å²) >= 11 is 0. The fourth-order valence-corrected chi connectivity index (χ4v) is 8.48. The van der Waals surface area contributed by atoms with Crippen molar-refractivity contribution in [1.29, 1.82) is 0 Å². The minimum absolute atomic E-state index is 0.0126. The van der Waals surface area contributed by atoms with Crippen molar-refractivity contribution < 1.29 is 38.1 Å². The summed E-state index contributed by atoms with van der Waals surface area (Å²) in [4.78, 5) is 49.2. The van der Waals surface area contributed by atoms with Crippen molar-refractivity contribution in [2.24, 2.45) is 0 Å². The normalized spacial score (nSPS) is 12.2. The number of hydrogen-bond donors (Lipinski definition) is 0. The molecule has 0 rings (SSSR count). The van der Waals surface area contributed by atoms with Crippen molar-refractivity contribution in [2.75, 3.05) is 13.2 Å². The minimum atomic E-state index is -0.0807. The largest absolute Gasteiger partial charge is 0.466 e. The monoisotopic (exact) mass is 907 g/mol. The predicted molar refractivity (Wildman–Crippen MR) is 268 cm³/mol. The molecule has 64 heavy (non-hydrogen) atoms. The second-order valence-corrected chi connectivity index (χ2v) is 19.1. The first-order valence-corrected chi connectivity index (χ1v) is 28.1. The molecule has 0 aromatic heterocycles. The molecule has 8 heteroatoms. The van der Waals surface area contributed by atoms with E-state index >= 15 is 0 Å². The van der Waals surface area contributed by atoms with Gasteiger partial charge in [0.2, 0.25) is 0 Å². The molecular formula is C56H106O8. The smallest absolute Gasteiger partial charge is 0.306 e. The molecule has 2 atom stereocenters. The quantitative estimate of drug-likeness (QED) is 0.0338. The van der Waals surface area contributed by atoms with Crippen LogP contribution in [-0.2, 0) is 38.1 Å². The van der Waals surface area contributed by atoms with E-state index in [-0.39, 0.29) is 36.1 Å². The summed E-state index contributed by atoms with van der Waals surface area (Å²) in [5.74, 6) is -0.187. The van der Waals surface area contributed by atoms with Gasteiger partial charge in [0, 0.05) is 25.7 Å². The third-order valence-corrected chi connectivity index (χ3v) is 12.7. The summed E-state index contributed by atoms with van der Waals surface area (Å²) < 4.78 is 22.8. The van der Waals surface area contributed by atoms with Crippen LogP contribution in [0, 0.1) is 0 Å². The molecule has 0 aromatic rings. The van der Waals surface area contributed by atoms with Gasteiger partial charge >= 0.3 is 23.9 Å². The maximum absolute atomic E-state index is 12.4. The summed E-state index contributed by atoms with van der Waals surface area (Å²) in [6, 6.07) is 0. The molecule has 0 saturated carbocycles. The molecule has 0 amide bonds. The third-order valence-electron chi connectivity index (χ3n) is 12.7. The first-order valence-electron chi connectivity index (χ1n) is 28.1. The van der Waals surface area contributed by atoms with E-state index in [1.54, 1.807) is 0 Å². The fraction of sp³-hybridized carbons (Fsp3) is 0.929. The van der Waals surface area contributed by atoms with Crippen LogP contribution in [-0.4, -0.2) is 49.3 Å². The van der Waals surface area contributed by atoms with Crippen LogP contribution in [0.2, 0.25) is 0 Å². The van der Waals surface area contributed by atoms with E-state index in [1.165, 1.54) is 70.6 Å². The molecule has 0 bridgehead atoms. The summed E-state index contributed by atoms with van der Waals surface area (Å²) in [5.41, 5.74) is 0. The molecule has 0 fully saturated rings. The molecule has 2 unspecified atom stereocenters. The highest BCUT2D eigenvalue weighted by atomic mass is 16.6. The molecule has 0 radical (unpaired) electrons. The molecule has 0 N–H and O–H groups in total. The zero-order valence-electron chi connectivity index (χ0n) is 42.9. The van der Waals surface area contributed by atoms with E-state index < -0.39 is 0 Å². The zero-order valence-corrected chi connectivity index (χ0v) is 42.9. The van der Waals surface area contributed by atoms with Gasteiger partial charge in [-0.05, 0) is 89.9 Å². The molecule has 8 nitrogen and oxygen atoms in total. The molecular weight excluding hydrogens is 801 g/mol. The molecule has 0 saturated heterocycles. The van der Waals surface area contributed by atoms with Crippen molar-refractivity contribution in [1.82, 2.24) is 0 Å². The van der Waals surface area contributed by atoms with E-state index in [2.05, 4.69) is 27.7 Å². The van der Waals surface area contributed by atoms with Crippen LogP contribution in [0.15, 0.2) is 0 Å². The molecule has 378 valence electrons. The third kappa shape index (κ3) is 46.4. The lowest BCUT2D eigenvalue weighted by Crippen LogP contribution is -2.18. The Kier molecular flexibility index (Phi) is 48.6. The van der Waals surface area contributed by atoms with Crippen molar-refractivity contribution in [3.63, 3.8) is 0 Å². The lowest BCUT2D eigenvalue weighted by molar-refractivity contribution is -0.151. The number of carbonyl (C=O) groups is 4.